The number of benzene rings is 2. The van der Waals surface area contributed by atoms with Gasteiger partial charge in [0.25, 0.3) is 0 Å². The molecule has 41 heavy (non-hydrogen) atoms. The third-order valence-electron chi connectivity index (χ3n) is 6.75. The third kappa shape index (κ3) is 5.03. The monoisotopic (exact) mass is 566 g/mol. The first kappa shape index (κ1) is 27.2. The molecule has 0 spiro atoms. The predicted molar refractivity (Wildman–Crippen MR) is 149 cm³/mol. The quantitative estimate of drug-likeness (QED) is 0.239. The van der Waals surface area contributed by atoms with E-state index in [0.29, 0.717) is 16.5 Å². The zero-order valence-electron chi connectivity index (χ0n) is 21.6. The molecule has 0 radical (unpaired) electrons. The van der Waals surface area contributed by atoms with E-state index in [1.807, 2.05) is 37.3 Å². The van der Waals surface area contributed by atoms with Crippen molar-refractivity contribution in [3.05, 3.63) is 78.2 Å². The maximum Gasteiger partial charge on any atom is 0.314 e. The number of aryl methyl sites for hydroxylation is 1. The summed E-state index contributed by atoms with van der Waals surface area (Å²) in [5, 5.41) is 25.0. The highest BCUT2D eigenvalue weighted by Crippen LogP contribution is 2.32. The van der Waals surface area contributed by atoms with E-state index < -0.39 is 40.5 Å². The number of nitrogen functional groups attached to an aromatic ring is 1. The van der Waals surface area contributed by atoms with Gasteiger partial charge in [-0.25, -0.2) is 13.4 Å². The summed E-state index contributed by atoms with van der Waals surface area (Å²) in [6.45, 7) is 1.16. The van der Waals surface area contributed by atoms with Gasteiger partial charge in [-0.15, -0.1) is 0 Å². The lowest BCUT2D eigenvalue weighted by Gasteiger charge is -2.44. The molecule has 4 aromatic rings. The number of nitriles is 2. The van der Waals surface area contributed by atoms with Crippen molar-refractivity contribution in [3.8, 4) is 23.3 Å². The van der Waals surface area contributed by atoms with E-state index in [0.717, 1.165) is 21.0 Å². The second-order valence-electron chi connectivity index (χ2n) is 9.53. The maximum absolute atomic E-state index is 13.0. The van der Waals surface area contributed by atoms with Crippen molar-refractivity contribution in [1.29, 1.82) is 10.5 Å². The predicted octanol–water partition coefficient (Wildman–Crippen LogP) is 2.08. The summed E-state index contributed by atoms with van der Waals surface area (Å²) in [4.78, 5) is 33.5. The van der Waals surface area contributed by atoms with E-state index in [9.17, 15) is 28.5 Å². The first-order chi connectivity index (χ1) is 19.6. The van der Waals surface area contributed by atoms with Gasteiger partial charge in [-0.3, -0.25) is 14.6 Å². The zero-order valence-corrected chi connectivity index (χ0v) is 22.4. The van der Waals surface area contributed by atoms with Gasteiger partial charge in [0.15, 0.2) is 5.54 Å². The van der Waals surface area contributed by atoms with Crippen LogP contribution in [0.15, 0.2) is 72.0 Å². The molecule has 2 aromatic carbocycles. The fourth-order valence-corrected chi connectivity index (χ4v) is 6.25. The van der Waals surface area contributed by atoms with Crippen LogP contribution in [0, 0.1) is 29.6 Å². The molecule has 1 aliphatic heterocycles. The second-order valence-corrected chi connectivity index (χ2v) is 11.4. The van der Waals surface area contributed by atoms with Crippen molar-refractivity contribution in [2.24, 2.45) is 0 Å². The summed E-state index contributed by atoms with van der Waals surface area (Å²) in [6.07, 6.45) is 4.89. The van der Waals surface area contributed by atoms with Crippen LogP contribution in [-0.4, -0.2) is 53.1 Å². The Morgan fingerprint density at radius 1 is 1.07 bits per heavy atom. The van der Waals surface area contributed by atoms with Crippen LogP contribution in [0.1, 0.15) is 11.1 Å². The number of nitrogens with one attached hydrogen (secondary N) is 2. The van der Waals surface area contributed by atoms with Crippen LogP contribution >= 0.6 is 0 Å². The van der Waals surface area contributed by atoms with Crippen LogP contribution in [0.25, 0.3) is 21.9 Å². The highest BCUT2D eigenvalue weighted by molar-refractivity contribution is 7.89. The van der Waals surface area contributed by atoms with Crippen LogP contribution < -0.4 is 16.4 Å². The highest BCUT2D eigenvalue weighted by Gasteiger charge is 2.51. The molecule has 2 amide bonds. The first-order valence-corrected chi connectivity index (χ1v) is 13.7. The molecule has 0 atom stereocenters. The van der Waals surface area contributed by atoms with E-state index >= 15 is 0 Å². The van der Waals surface area contributed by atoms with Gasteiger partial charge < -0.3 is 16.4 Å². The molecule has 3 heterocycles. The van der Waals surface area contributed by atoms with Crippen LogP contribution in [0.4, 0.5) is 11.5 Å². The van der Waals surface area contributed by atoms with E-state index in [-0.39, 0.29) is 16.3 Å². The summed E-state index contributed by atoms with van der Waals surface area (Å²) >= 11 is 0. The summed E-state index contributed by atoms with van der Waals surface area (Å²) in [5.74, 6) is -2.15. The molecule has 12 nitrogen and oxygen atoms in total. The largest absolute Gasteiger partial charge is 0.398 e. The zero-order chi connectivity index (χ0) is 29.4. The Kier molecular flexibility index (Phi) is 6.84. The van der Waals surface area contributed by atoms with E-state index in [2.05, 4.69) is 20.6 Å². The molecule has 1 aliphatic rings. The number of carbonyl (C=O) groups is 2. The fourth-order valence-electron chi connectivity index (χ4n) is 4.55. The van der Waals surface area contributed by atoms with E-state index in [1.165, 1.54) is 30.5 Å². The summed E-state index contributed by atoms with van der Waals surface area (Å²) in [7, 11) is -4.10. The topological polar surface area (TPSA) is 195 Å². The summed E-state index contributed by atoms with van der Waals surface area (Å²) in [5.41, 5.74) is 7.76. The Labute approximate surface area is 235 Å². The van der Waals surface area contributed by atoms with Gasteiger partial charge >= 0.3 is 11.8 Å². The van der Waals surface area contributed by atoms with Crippen molar-refractivity contribution in [1.82, 2.24) is 19.6 Å². The van der Waals surface area contributed by atoms with Crippen LogP contribution in [0.5, 0.6) is 0 Å². The molecule has 4 N–H and O–H groups in total. The smallest absolute Gasteiger partial charge is 0.314 e. The minimum Gasteiger partial charge on any atom is -0.398 e. The molecule has 1 fully saturated rings. The SMILES string of the molecule is Cc1ccncc1-c1cc(N)c2cnc(NC(=O)C(=O)NC3(C#N)CN(S(=O)(=O)c4ccccc4C#N)C3)cc2c1. The van der Waals surface area contributed by atoms with Crippen LogP contribution in [0.3, 0.4) is 0 Å². The molecule has 0 aliphatic carbocycles. The number of pyridine rings is 2. The Hall–Kier alpha value is -5.37. The normalized spacial score (nSPS) is 14.3. The summed E-state index contributed by atoms with van der Waals surface area (Å²) in [6, 6.07) is 16.5. The first-order valence-electron chi connectivity index (χ1n) is 12.2. The molecule has 0 unspecified atom stereocenters. The van der Waals surface area contributed by atoms with Gasteiger partial charge in [0.1, 0.15) is 11.9 Å². The minimum absolute atomic E-state index is 0.0438. The van der Waals surface area contributed by atoms with Gasteiger partial charge in [-0.2, -0.15) is 14.8 Å². The van der Waals surface area contributed by atoms with Crippen molar-refractivity contribution >= 4 is 44.1 Å². The van der Waals surface area contributed by atoms with E-state index in [1.54, 1.807) is 18.5 Å². The number of carbonyl (C=O) groups excluding carboxylic acids is 2. The Morgan fingerprint density at radius 3 is 2.54 bits per heavy atom. The number of nitrogens with two attached hydrogens (primary N) is 1. The van der Waals surface area contributed by atoms with Crippen molar-refractivity contribution < 1.29 is 18.0 Å². The van der Waals surface area contributed by atoms with Gasteiger partial charge in [0.2, 0.25) is 10.0 Å². The molecule has 2 aromatic heterocycles. The van der Waals surface area contributed by atoms with Gasteiger partial charge in [-0.1, -0.05) is 12.1 Å². The number of fused-ring (bicyclic) bond motifs is 1. The summed E-state index contributed by atoms with van der Waals surface area (Å²) < 4.78 is 26.9. The minimum atomic E-state index is -4.10. The maximum atomic E-state index is 13.0. The number of rotatable bonds is 5. The number of aromatic nitrogens is 2. The number of amides is 2. The number of sulfonamides is 1. The van der Waals surface area contributed by atoms with Gasteiger partial charge in [-0.05, 0) is 59.8 Å². The Bertz CT molecular complexity index is 1920. The molecule has 5 rings (SSSR count). The standard InChI is InChI=1S/C28H22N8O4S/c1-17-6-7-32-12-21(17)19-8-20-10-25(33-13-22(20)23(31)9-19)34-26(37)27(38)35-28(14-30)15-36(16-28)41(39,40)24-5-3-2-4-18(24)11-29/h2-10,12-13H,15-16,31H2,1H3,(H,35,38)(H,33,34,37). The van der Waals surface area contributed by atoms with Gasteiger partial charge in [0.05, 0.1) is 29.6 Å². The van der Waals surface area contributed by atoms with Crippen molar-refractivity contribution in [3.63, 3.8) is 0 Å². The molecule has 0 bridgehead atoms. The highest BCUT2D eigenvalue weighted by atomic mass is 32.2. The lowest BCUT2D eigenvalue weighted by Crippen LogP contribution is -2.71. The average Bonchev–Trinajstić information content (AvgIpc) is 2.94. The van der Waals surface area contributed by atoms with Crippen LogP contribution in [-0.2, 0) is 19.6 Å². The Balaban J connectivity index is 1.30. The van der Waals surface area contributed by atoms with Crippen LogP contribution in [0.2, 0.25) is 0 Å². The van der Waals surface area contributed by atoms with E-state index in [4.69, 9.17) is 5.73 Å². The second kappa shape index (κ2) is 10.3. The lowest BCUT2D eigenvalue weighted by atomic mass is 9.94. The molecule has 13 heteroatoms. The number of hydrogen-bond acceptors (Lipinski definition) is 9. The number of nitrogens with zero attached hydrogens (tertiary/aromatic N) is 5. The van der Waals surface area contributed by atoms with Crippen molar-refractivity contribution in [2.45, 2.75) is 17.4 Å². The number of anilines is 2. The lowest BCUT2D eigenvalue weighted by molar-refractivity contribution is -0.137. The molecule has 204 valence electrons. The Morgan fingerprint density at radius 2 is 1.83 bits per heavy atom. The third-order valence-corrected chi connectivity index (χ3v) is 8.60. The average molecular weight is 567 g/mol. The number of hydrogen-bond donors (Lipinski definition) is 3. The molecule has 1 saturated heterocycles. The fraction of sp³-hybridized carbons (Fsp3) is 0.143. The van der Waals surface area contributed by atoms with Gasteiger partial charge in [0, 0.05) is 35.2 Å². The molecule has 0 saturated carbocycles. The molecular weight excluding hydrogens is 544 g/mol. The van der Waals surface area contributed by atoms with Crippen molar-refractivity contribution in [2.75, 3.05) is 24.1 Å². The molecular formula is C28H22N8O4S.